The highest BCUT2D eigenvalue weighted by molar-refractivity contribution is 5.27. The minimum absolute atomic E-state index is 0.376. The summed E-state index contributed by atoms with van der Waals surface area (Å²) in [6, 6.07) is 9.49. The van der Waals surface area contributed by atoms with Gasteiger partial charge in [0.1, 0.15) is 11.9 Å². The summed E-state index contributed by atoms with van der Waals surface area (Å²) in [4.78, 5) is 7.59. The molecule has 0 atom stereocenters. The minimum Gasteiger partial charge on any atom is -0.490 e. The molecule has 2 aliphatic rings. The average molecular weight is 360 g/mol. The van der Waals surface area contributed by atoms with E-state index in [1.807, 2.05) is 0 Å². The van der Waals surface area contributed by atoms with E-state index in [2.05, 4.69) is 59.9 Å². The molecule has 2 saturated heterocycles. The van der Waals surface area contributed by atoms with Crippen LogP contribution in [0.15, 0.2) is 24.3 Å². The van der Waals surface area contributed by atoms with Crippen molar-refractivity contribution in [1.29, 1.82) is 0 Å². The van der Waals surface area contributed by atoms with E-state index in [9.17, 15) is 0 Å². The molecule has 4 heteroatoms. The van der Waals surface area contributed by atoms with Crippen molar-refractivity contribution < 1.29 is 4.74 Å². The molecule has 2 fully saturated rings. The third kappa shape index (κ3) is 5.97. The molecule has 2 aliphatic heterocycles. The first-order chi connectivity index (χ1) is 12.6. The Hall–Kier alpha value is -1.10. The van der Waals surface area contributed by atoms with E-state index >= 15 is 0 Å². The normalized spacial score (nSPS) is 22.3. The van der Waals surface area contributed by atoms with Crippen LogP contribution in [-0.4, -0.2) is 73.2 Å². The van der Waals surface area contributed by atoms with E-state index in [1.165, 1.54) is 44.6 Å². The Bertz CT molecular complexity index is 523. The van der Waals surface area contributed by atoms with Crippen LogP contribution in [0.4, 0.5) is 0 Å². The van der Waals surface area contributed by atoms with Crippen LogP contribution in [0.5, 0.6) is 5.75 Å². The lowest BCUT2D eigenvalue weighted by Gasteiger charge is -2.34. The lowest BCUT2D eigenvalue weighted by molar-refractivity contribution is 0.0843. The predicted molar refractivity (Wildman–Crippen MR) is 109 cm³/mol. The first-order valence-electron chi connectivity index (χ1n) is 10.5. The number of hydrogen-bond acceptors (Lipinski definition) is 4. The van der Waals surface area contributed by atoms with E-state index in [-0.39, 0.29) is 0 Å². The van der Waals surface area contributed by atoms with Crippen LogP contribution < -0.4 is 4.74 Å². The van der Waals surface area contributed by atoms with Crippen LogP contribution in [0.1, 0.15) is 45.1 Å². The van der Waals surface area contributed by atoms with Crippen molar-refractivity contribution in [2.24, 2.45) is 0 Å². The van der Waals surface area contributed by atoms with Gasteiger partial charge in [0.2, 0.25) is 0 Å². The molecule has 0 saturated carbocycles. The Labute approximate surface area is 160 Å². The van der Waals surface area contributed by atoms with Gasteiger partial charge in [0.25, 0.3) is 0 Å². The fourth-order valence-corrected chi connectivity index (χ4v) is 4.05. The van der Waals surface area contributed by atoms with Crippen molar-refractivity contribution in [2.75, 3.05) is 46.3 Å². The topological polar surface area (TPSA) is 19.0 Å². The minimum atomic E-state index is 0.376. The highest BCUT2D eigenvalue weighted by Crippen LogP contribution is 2.21. The average Bonchev–Trinajstić information content (AvgIpc) is 2.63. The molecule has 0 radical (unpaired) electrons. The summed E-state index contributed by atoms with van der Waals surface area (Å²) in [7, 11) is 2.24. The molecule has 0 amide bonds. The van der Waals surface area contributed by atoms with Gasteiger partial charge >= 0.3 is 0 Å². The summed E-state index contributed by atoms with van der Waals surface area (Å²) in [5.74, 6) is 1.03. The number of piperidine rings is 1. The molecule has 26 heavy (non-hydrogen) atoms. The third-order valence-corrected chi connectivity index (χ3v) is 5.90. The lowest BCUT2D eigenvalue weighted by atomic mass is 10.1. The zero-order valence-corrected chi connectivity index (χ0v) is 17.0. The van der Waals surface area contributed by atoms with Crippen molar-refractivity contribution >= 4 is 0 Å². The second kappa shape index (κ2) is 9.72. The Balaban J connectivity index is 1.46. The fraction of sp³-hybridized carbons (Fsp3) is 0.727. The quantitative estimate of drug-likeness (QED) is 0.801. The summed E-state index contributed by atoms with van der Waals surface area (Å²) in [6.07, 6.45) is 5.28. The number of nitrogens with zero attached hydrogens (tertiary/aromatic N) is 3. The lowest BCUT2D eigenvalue weighted by Crippen LogP contribution is -2.41. The molecule has 0 spiro atoms. The maximum Gasteiger partial charge on any atom is 0.119 e. The molecule has 0 N–H and O–H groups in total. The van der Waals surface area contributed by atoms with Crippen LogP contribution in [-0.2, 0) is 6.54 Å². The summed E-state index contributed by atoms with van der Waals surface area (Å²) in [6.45, 7) is 12.7. The van der Waals surface area contributed by atoms with Gasteiger partial charge in [-0.3, -0.25) is 4.90 Å². The number of ether oxygens (including phenoxy) is 1. The smallest absolute Gasteiger partial charge is 0.119 e. The summed E-state index contributed by atoms with van der Waals surface area (Å²) < 4.78 is 6.23. The zero-order chi connectivity index (χ0) is 18.4. The van der Waals surface area contributed by atoms with Crippen LogP contribution >= 0.6 is 0 Å². The molecule has 1 aromatic rings. The van der Waals surface area contributed by atoms with Gasteiger partial charge in [-0.15, -0.1) is 0 Å². The second-order valence-corrected chi connectivity index (χ2v) is 8.38. The second-order valence-electron chi connectivity index (χ2n) is 8.38. The number of benzene rings is 1. The number of likely N-dealkylation sites (N-methyl/N-ethyl adjacent to an activating group) is 1. The van der Waals surface area contributed by atoms with Gasteiger partial charge < -0.3 is 14.5 Å². The molecule has 1 aromatic carbocycles. The van der Waals surface area contributed by atoms with Crippen LogP contribution in [0, 0.1) is 0 Å². The van der Waals surface area contributed by atoms with Gasteiger partial charge in [-0.1, -0.05) is 12.1 Å². The summed E-state index contributed by atoms with van der Waals surface area (Å²) >= 11 is 0. The highest BCUT2D eigenvalue weighted by Gasteiger charge is 2.22. The van der Waals surface area contributed by atoms with E-state index in [0.29, 0.717) is 12.1 Å². The maximum atomic E-state index is 6.23. The summed E-state index contributed by atoms with van der Waals surface area (Å²) in [5.41, 5.74) is 1.40. The molecule has 0 bridgehead atoms. The maximum absolute atomic E-state index is 6.23. The summed E-state index contributed by atoms with van der Waals surface area (Å²) in [5, 5.41) is 0. The Morgan fingerprint density at radius 3 is 2.31 bits per heavy atom. The van der Waals surface area contributed by atoms with E-state index in [1.54, 1.807) is 0 Å². The van der Waals surface area contributed by atoms with Gasteiger partial charge in [0, 0.05) is 38.8 Å². The standard InChI is InChI=1S/C22H37N3O/c1-19(2)25-14-10-22(11-15-25)26-21-8-6-20(7-9-21)18-24-13-5-4-12-23(3)16-17-24/h6-9,19,22H,4-5,10-18H2,1-3H3. The van der Waals surface area contributed by atoms with Gasteiger partial charge in [-0.25, -0.2) is 0 Å². The van der Waals surface area contributed by atoms with Gasteiger partial charge in [0.05, 0.1) is 0 Å². The Morgan fingerprint density at radius 1 is 0.923 bits per heavy atom. The molecular weight excluding hydrogens is 322 g/mol. The number of likely N-dealkylation sites (tertiary alicyclic amines) is 1. The van der Waals surface area contributed by atoms with Crippen molar-refractivity contribution in [1.82, 2.24) is 14.7 Å². The van der Waals surface area contributed by atoms with E-state index < -0.39 is 0 Å². The molecule has 4 nitrogen and oxygen atoms in total. The molecule has 3 rings (SSSR count). The first kappa shape index (κ1) is 19.7. The van der Waals surface area contributed by atoms with Crippen LogP contribution in [0.25, 0.3) is 0 Å². The molecule has 0 aromatic heterocycles. The number of hydrogen-bond donors (Lipinski definition) is 0. The van der Waals surface area contributed by atoms with Gasteiger partial charge in [0.15, 0.2) is 0 Å². The fourth-order valence-electron chi connectivity index (χ4n) is 4.05. The molecule has 0 unspecified atom stereocenters. The number of rotatable bonds is 5. The molecular formula is C22H37N3O. The van der Waals surface area contributed by atoms with Crippen molar-refractivity contribution in [3.8, 4) is 5.75 Å². The Morgan fingerprint density at radius 2 is 1.62 bits per heavy atom. The SMILES string of the molecule is CC(C)N1CCC(Oc2ccc(CN3CCCCN(C)CC3)cc2)CC1. The van der Waals surface area contributed by atoms with Gasteiger partial charge in [-0.2, -0.15) is 0 Å². The van der Waals surface area contributed by atoms with Crippen molar-refractivity contribution in [3.05, 3.63) is 29.8 Å². The van der Waals surface area contributed by atoms with Gasteiger partial charge in [-0.05, 0) is 77.4 Å². The predicted octanol–water partition coefficient (Wildman–Crippen LogP) is 3.47. The van der Waals surface area contributed by atoms with Crippen molar-refractivity contribution in [2.45, 2.75) is 58.2 Å². The van der Waals surface area contributed by atoms with Crippen LogP contribution in [0.2, 0.25) is 0 Å². The van der Waals surface area contributed by atoms with E-state index in [0.717, 1.165) is 38.2 Å². The third-order valence-electron chi connectivity index (χ3n) is 5.90. The van der Waals surface area contributed by atoms with E-state index in [4.69, 9.17) is 4.74 Å². The first-order valence-corrected chi connectivity index (χ1v) is 10.5. The largest absolute Gasteiger partial charge is 0.490 e. The van der Waals surface area contributed by atoms with Crippen LogP contribution in [0.3, 0.4) is 0 Å². The van der Waals surface area contributed by atoms with Crippen molar-refractivity contribution in [3.63, 3.8) is 0 Å². The zero-order valence-electron chi connectivity index (χ0n) is 17.0. The molecule has 2 heterocycles. The molecule has 146 valence electrons. The Kier molecular flexibility index (Phi) is 7.35. The monoisotopic (exact) mass is 359 g/mol. The molecule has 0 aliphatic carbocycles. The highest BCUT2D eigenvalue weighted by atomic mass is 16.5.